The molecule has 3 rings (SSSR count). The molecule has 1 heterocycles. The van der Waals surface area contributed by atoms with Gasteiger partial charge in [-0.05, 0) is 48.6 Å². The Morgan fingerprint density at radius 3 is 2.51 bits per heavy atom. The van der Waals surface area contributed by atoms with E-state index >= 15 is 0 Å². The van der Waals surface area contributed by atoms with Crippen LogP contribution < -0.4 is 10.6 Å². The number of carboxylic acids is 1. The molecule has 196 valence electrons. The second kappa shape index (κ2) is 12.9. The summed E-state index contributed by atoms with van der Waals surface area (Å²) in [6.07, 6.45) is 0.0928. The first-order valence-corrected chi connectivity index (χ1v) is 11.9. The Bertz CT molecular complexity index is 1250. The number of carboxylic acid groups (broad SMARTS) is 1. The largest absolute Gasteiger partial charge is 0.481 e. The average molecular weight is 532 g/mol. The molecular formula is C26H27ClFN3O6. The summed E-state index contributed by atoms with van der Waals surface area (Å²) >= 11 is 6.00. The van der Waals surface area contributed by atoms with Crippen LogP contribution >= 0.6 is 11.6 Å². The Morgan fingerprint density at radius 1 is 1.16 bits per heavy atom. The molecular weight excluding hydrogens is 505 g/mol. The quantitative estimate of drug-likeness (QED) is 0.332. The lowest BCUT2D eigenvalue weighted by Gasteiger charge is -2.22. The molecule has 0 fully saturated rings. The number of carbonyl (C=O) groups is 3. The van der Waals surface area contributed by atoms with Crippen molar-refractivity contribution in [3.05, 3.63) is 76.4 Å². The standard InChI is InChI=1S/C26H27ClFN3O6/c1-3-19-13-23(37-31-19)24(32)30-20(11-17(25(33)34)14-29-26(35)36-2)10-15-4-6-16(7-5-15)21-12-18(27)8-9-22(21)28/h4-9,12-13,17,20H,3,10-11,14H2,1-2H3,(H,29,35)(H,30,32)(H,33,34)/t17-,20+/m0/s1. The van der Waals surface area contributed by atoms with E-state index in [1.54, 1.807) is 24.3 Å². The van der Waals surface area contributed by atoms with Crippen LogP contribution in [0.15, 0.2) is 53.1 Å². The summed E-state index contributed by atoms with van der Waals surface area (Å²) in [5, 5.41) is 19.1. The minimum atomic E-state index is -1.14. The Hall–Kier alpha value is -3.92. The molecule has 3 N–H and O–H groups in total. The van der Waals surface area contributed by atoms with Crippen LogP contribution in [0, 0.1) is 11.7 Å². The van der Waals surface area contributed by atoms with Crippen molar-refractivity contribution in [1.82, 2.24) is 15.8 Å². The van der Waals surface area contributed by atoms with E-state index in [1.807, 2.05) is 6.92 Å². The monoisotopic (exact) mass is 531 g/mol. The van der Waals surface area contributed by atoms with Crippen LogP contribution in [0.2, 0.25) is 5.02 Å². The van der Waals surface area contributed by atoms with Crippen LogP contribution in [0.3, 0.4) is 0 Å². The molecule has 0 unspecified atom stereocenters. The van der Waals surface area contributed by atoms with Gasteiger partial charge >= 0.3 is 12.1 Å². The summed E-state index contributed by atoms with van der Waals surface area (Å²) in [6.45, 7) is 1.68. The fourth-order valence-electron chi connectivity index (χ4n) is 3.75. The van der Waals surface area contributed by atoms with Crippen molar-refractivity contribution in [2.24, 2.45) is 5.92 Å². The third-order valence-electron chi connectivity index (χ3n) is 5.75. The van der Waals surface area contributed by atoms with E-state index in [1.165, 1.54) is 31.4 Å². The van der Waals surface area contributed by atoms with Gasteiger partial charge in [-0.3, -0.25) is 9.59 Å². The van der Waals surface area contributed by atoms with Crippen molar-refractivity contribution in [2.45, 2.75) is 32.2 Å². The zero-order valence-electron chi connectivity index (χ0n) is 20.3. The fourth-order valence-corrected chi connectivity index (χ4v) is 3.92. The van der Waals surface area contributed by atoms with Crippen molar-refractivity contribution >= 4 is 29.6 Å². The van der Waals surface area contributed by atoms with Crippen LogP contribution in [-0.4, -0.2) is 47.9 Å². The maximum absolute atomic E-state index is 14.3. The third kappa shape index (κ3) is 7.78. The summed E-state index contributed by atoms with van der Waals surface area (Å²) in [4.78, 5) is 36.1. The van der Waals surface area contributed by atoms with Gasteiger partial charge in [-0.2, -0.15) is 0 Å². The molecule has 3 aromatic rings. The Labute approximate surface area is 217 Å². The lowest BCUT2D eigenvalue weighted by molar-refractivity contribution is -0.141. The van der Waals surface area contributed by atoms with Gasteiger partial charge in [0.1, 0.15) is 5.82 Å². The number of methoxy groups -OCH3 is 1. The van der Waals surface area contributed by atoms with Crippen molar-refractivity contribution in [3.63, 3.8) is 0 Å². The smallest absolute Gasteiger partial charge is 0.406 e. The molecule has 0 radical (unpaired) electrons. The van der Waals surface area contributed by atoms with Gasteiger partial charge in [0.15, 0.2) is 0 Å². The summed E-state index contributed by atoms with van der Waals surface area (Å²) in [6, 6.07) is 12.1. The SMILES string of the molecule is CCc1cc(C(=O)N[C@H](Cc2ccc(-c3cc(Cl)ccc3F)cc2)C[C@@H](CNC(=O)OC)C(=O)O)on1. The number of benzene rings is 2. The number of hydrogen-bond donors (Lipinski definition) is 3. The van der Waals surface area contributed by atoms with E-state index in [0.29, 0.717) is 28.3 Å². The minimum Gasteiger partial charge on any atom is -0.481 e. The highest BCUT2D eigenvalue weighted by Crippen LogP contribution is 2.27. The van der Waals surface area contributed by atoms with E-state index in [4.69, 9.17) is 16.1 Å². The zero-order valence-corrected chi connectivity index (χ0v) is 21.0. The van der Waals surface area contributed by atoms with Crippen LogP contribution in [0.1, 0.15) is 35.2 Å². The van der Waals surface area contributed by atoms with Gasteiger partial charge in [0.25, 0.3) is 5.91 Å². The first-order valence-electron chi connectivity index (χ1n) is 11.6. The van der Waals surface area contributed by atoms with Crippen LogP contribution in [0.4, 0.5) is 9.18 Å². The lowest BCUT2D eigenvalue weighted by Crippen LogP contribution is -2.42. The minimum absolute atomic E-state index is 0.00448. The summed E-state index contributed by atoms with van der Waals surface area (Å²) in [5.74, 6) is -3.10. The summed E-state index contributed by atoms with van der Waals surface area (Å²) in [5.41, 5.74) is 2.34. The van der Waals surface area contributed by atoms with Crippen LogP contribution in [0.25, 0.3) is 11.1 Å². The molecule has 0 saturated heterocycles. The maximum atomic E-state index is 14.3. The number of aromatic nitrogens is 1. The number of alkyl carbamates (subject to hydrolysis) is 1. The van der Waals surface area contributed by atoms with E-state index in [-0.39, 0.29) is 25.1 Å². The molecule has 2 amide bonds. The van der Waals surface area contributed by atoms with Gasteiger partial charge in [-0.15, -0.1) is 0 Å². The van der Waals surface area contributed by atoms with E-state index in [9.17, 15) is 23.9 Å². The topological polar surface area (TPSA) is 131 Å². The molecule has 0 aliphatic rings. The Balaban J connectivity index is 1.80. The van der Waals surface area contributed by atoms with Crippen LogP contribution in [0.5, 0.6) is 0 Å². The highest BCUT2D eigenvalue weighted by atomic mass is 35.5. The zero-order chi connectivity index (χ0) is 26.9. The molecule has 37 heavy (non-hydrogen) atoms. The number of ether oxygens (including phenoxy) is 1. The predicted molar refractivity (Wildman–Crippen MR) is 134 cm³/mol. The van der Waals surface area contributed by atoms with Crippen molar-refractivity contribution < 1.29 is 33.1 Å². The van der Waals surface area contributed by atoms with E-state index in [0.717, 1.165) is 5.56 Å². The van der Waals surface area contributed by atoms with Crippen molar-refractivity contribution in [2.75, 3.05) is 13.7 Å². The number of rotatable bonds is 11. The molecule has 0 bridgehead atoms. The predicted octanol–water partition coefficient (Wildman–Crippen LogP) is 4.48. The molecule has 0 aliphatic heterocycles. The molecule has 9 nitrogen and oxygen atoms in total. The number of amides is 2. The first-order chi connectivity index (χ1) is 17.7. The average Bonchev–Trinajstić information content (AvgIpc) is 3.37. The highest BCUT2D eigenvalue weighted by molar-refractivity contribution is 6.30. The molecule has 2 aromatic carbocycles. The Kier molecular flexibility index (Phi) is 9.62. The molecule has 0 saturated carbocycles. The van der Waals surface area contributed by atoms with Gasteiger partial charge in [0.2, 0.25) is 5.76 Å². The molecule has 1 aromatic heterocycles. The van der Waals surface area contributed by atoms with Gasteiger partial charge in [0.05, 0.1) is 18.7 Å². The van der Waals surface area contributed by atoms with Crippen molar-refractivity contribution in [1.29, 1.82) is 0 Å². The third-order valence-corrected chi connectivity index (χ3v) is 5.99. The molecule has 0 aliphatic carbocycles. The fraction of sp³-hybridized carbons (Fsp3) is 0.308. The second-order valence-corrected chi connectivity index (χ2v) is 8.81. The number of hydrogen-bond acceptors (Lipinski definition) is 6. The Morgan fingerprint density at radius 2 is 1.89 bits per heavy atom. The second-order valence-electron chi connectivity index (χ2n) is 8.38. The highest BCUT2D eigenvalue weighted by Gasteiger charge is 2.26. The number of halogens is 2. The first kappa shape index (κ1) is 27.7. The molecule has 2 atom stereocenters. The van der Waals surface area contributed by atoms with Crippen LogP contribution in [-0.2, 0) is 22.4 Å². The van der Waals surface area contributed by atoms with Crippen molar-refractivity contribution in [3.8, 4) is 11.1 Å². The number of nitrogens with zero attached hydrogens (tertiary/aromatic N) is 1. The summed E-state index contributed by atoms with van der Waals surface area (Å²) in [7, 11) is 1.18. The van der Waals surface area contributed by atoms with E-state index in [2.05, 4.69) is 20.5 Å². The van der Waals surface area contributed by atoms with Gasteiger partial charge in [-0.1, -0.05) is 47.9 Å². The van der Waals surface area contributed by atoms with Gasteiger partial charge in [-0.25, -0.2) is 9.18 Å². The normalized spacial score (nSPS) is 12.4. The number of aliphatic carboxylic acids is 1. The van der Waals surface area contributed by atoms with E-state index < -0.39 is 35.7 Å². The van der Waals surface area contributed by atoms with Gasteiger partial charge in [0, 0.05) is 29.2 Å². The number of aryl methyl sites for hydroxylation is 1. The number of nitrogens with one attached hydrogen (secondary N) is 2. The number of carbonyl (C=O) groups excluding carboxylic acids is 2. The lowest BCUT2D eigenvalue weighted by atomic mass is 9.93. The molecule has 0 spiro atoms. The van der Waals surface area contributed by atoms with Gasteiger partial charge < -0.3 is 25.0 Å². The maximum Gasteiger partial charge on any atom is 0.406 e. The summed E-state index contributed by atoms with van der Waals surface area (Å²) < 4.78 is 23.9. The molecule has 11 heteroatoms.